The number of hydrogen-bond donors (Lipinski definition) is 0. The predicted octanol–water partition coefficient (Wildman–Crippen LogP) is 1.75. The average Bonchev–Trinajstić information content (AvgIpc) is 2.63. The average molecular weight is 340 g/mol. The number of amides is 2. The van der Waals surface area contributed by atoms with Crippen molar-refractivity contribution in [1.29, 1.82) is 0 Å². The molecule has 25 heavy (non-hydrogen) atoms. The quantitative estimate of drug-likeness (QED) is 0.775. The van der Waals surface area contributed by atoms with Gasteiger partial charge < -0.3 is 14.5 Å². The van der Waals surface area contributed by atoms with E-state index in [1.165, 1.54) is 0 Å². The van der Waals surface area contributed by atoms with Crippen molar-refractivity contribution in [3.05, 3.63) is 41.5 Å². The summed E-state index contributed by atoms with van der Waals surface area (Å²) >= 11 is 0. The molecule has 2 aromatic rings. The number of anilines is 1. The Kier molecular flexibility index (Phi) is 3.65. The highest BCUT2D eigenvalue weighted by Crippen LogP contribution is 2.36. The van der Waals surface area contributed by atoms with Gasteiger partial charge in [-0.1, -0.05) is 17.2 Å². The highest BCUT2D eigenvalue weighted by molar-refractivity contribution is 6.26. The van der Waals surface area contributed by atoms with Gasteiger partial charge in [-0.3, -0.25) is 9.59 Å². The lowest BCUT2D eigenvalue weighted by Gasteiger charge is -2.31. The van der Waals surface area contributed by atoms with E-state index in [2.05, 4.69) is 4.90 Å². The topological polar surface area (TPSA) is 76.2 Å². The van der Waals surface area contributed by atoms with Crippen LogP contribution in [0.3, 0.4) is 0 Å². The normalized spacial score (nSPS) is 17.2. The van der Waals surface area contributed by atoms with Crippen molar-refractivity contribution in [2.24, 2.45) is 0 Å². The van der Waals surface area contributed by atoms with E-state index < -0.39 is 17.8 Å². The fraction of sp³-hybridized carbons (Fsp3) is 0.278. The Morgan fingerprint density at radius 1 is 1.04 bits per heavy atom. The van der Waals surface area contributed by atoms with Crippen LogP contribution in [0, 0.1) is 0 Å². The summed E-state index contributed by atoms with van der Waals surface area (Å²) in [5.41, 5.74) is 1.66. The molecule has 2 aromatic carbocycles. The first-order chi connectivity index (χ1) is 12.1. The highest BCUT2D eigenvalue weighted by atomic mass is 16.7. The van der Waals surface area contributed by atoms with E-state index >= 15 is 0 Å². The fourth-order valence-electron chi connectivity index (χ4n) is 3.35. The zero-order valence-corrected chi connectivity index (χ0v) is 13.7. The molecule has 2 aliphatic heterocycles. The van der Waals surface area contributed by atoms with Gasteiger partial charge in [-0.2, -0.15) is 0 Å². The van der Waals surface area contributed by atoms with Crippen molar-refractivity contribution < 1.29 is 24.0 Å². The van der Waals surface area contributed by atoms with E-state index in [-0.39, 0.29) is 0 Å². The molecule has 0 aliphatic carbocycles. The molecular weight excluding hydrogens is 324 g/mol. The van der Waals surface area contributed by atoms with Crippen molar-refractivity contribution in [2.75, 3.05) is 31.2 Å². The summed E-state index contributed by atoms with van der Waals surface area (Å²) in [6.45, 7) is 3.93. The maximum atomic E-state index is 12.6. The number of ether oxygens (including phenoxy) is 1. The number of imide groups is 1. The van der Waals surface area contributed by atoms with Crippen molar-refractivity contribution in [3.63, 3.8) is 0 Å². The van der Waals surface area contributed by atoms with Gasteiger partial charge in [-0.25, -0.2) is 4.79 Å². The first-order valence-electron chi connectivity index (χ1n) is 8.03. The van der Waals surface area contributed by atoms with Crippen LogP contribution in [-0.2, 0) is 14.4 Å². The van der Waals surface area contributed by atoms with Crippen molar-refractivity contribution in [1.82, 2.24) is 5.06 Å². The number of nitrogens with zero attached hydrogens (tertiary/aromatic N) is 2. The SMILES string of the molecule is CC(=O)ON1C(=O)c2cccc3c(N4CCOCC4)ccc(c23)C1=O. The molecule has 0 spiro atoms. The third-order valence-corrected chi connectivity index (χ3v) is 4.42. The van der Waals surface area contributed by atoms with Crippen LogP contribution in [0.4, 0.5) is 5.69 Å². The van der Waals surface area contributed by atoms with E-state index in [1.54, 1.807) is 18.2 Å². The van der Waals surface area contributed by atoms with Crippen LogP contribution in [0.5, 0.6) is 0 Å². The van der Waals surface area contributed by atoms with Crippen LogP contribution in [-0.4, -0.2) is 49.2 Å². The van der Waals surface area contributed by atoms with E-state index in [1.807, 2.05) is 12.1 Å². The summed E-state index contributed by atoms with van der Waals surface area (Å²) in [6, 6.07) is 8.86. The lowest BCUT2D eigenvalue weighted by molar-refractivity contribution is -0.166. The van der Waals surface area contributed by atoms with E-state index in [0.717, 1.165) is 31.1 Å². The lowest BCUT2D eigenvalue weighted by Crippen LogP contribution is -2.41. The summed E-state index contributed by atoms with van der Waals surface area (Å²) in [6.07, 6.45) is 0. The molecule has 2 aliphatic rings. The molecule has 1 fully saturated rings. The second-order valence-corrected chi connectivity index (χ2v) is 5.95. The van der Waals surface area contributed by atoms with Crippen LogP contribution < -0.4 is 4.90 Å². The number of hydrogen-bond acceptors (Lipinski definition) is 6. The first-order valence-corrected chi connectivity index (χ1v) is 8.03. The standard InChI is InChI=1S/C18H16N2O5/c1-11(21)25-20-17(22)13-4-2-3-12-15(19-7-9-24-10-8-19)6-5-14(16(12)13)18(20)23/h2-6H,7-10H2,1H3. The molecule has 7 heteroatoms. The molecule has 128 valence electrons. The number of morpholine rings is 1. The second-order valence-electron chi connectivity index (χ2n) is 5.95. The summed E-state index contributed by atoms with van der Waals surface area (Å²) < 4.78 is 5.39. The summed E-state index contributed by atoms with van der Waals surface area (Å²) in [7, 11) is 0. The van der Waals surface area contributed by atoms with Gasteiger partial charge in [-0.15, -0.1) is 0 Å². The van der Waals surface area contributed by atoms with Gasteiger partial charge in [0.1, 0.15) is 0 Å². The molecule has 0 saturated carbocycles. The molecule has 0 aromatic heterocycles. The highest BCUT2D eigenvalue weighted by Gasteiger charge is 2.36. The maximum absolute atomic E-state index is 12.6. The predicted molar refractivity (Wildman–Crippen MR) is 89.2 cm³/mol. The van der Waals surface area contributed by atoms with Gasteiger partial charge in [0.25, 0.3) is 11.8 Å². The van der Waals surface area contributed by atoms with Crippen LogP contribution in [0.2, 0.25) is 0 Å². The Morgan fingerprint density at radius 3 is 2.40 bits per heavy atom. The molecule has 4 rings (SSSR count). The van der Waals surface area contributed by atoms with E-state index in [0.29, 0.717) is 34.8 Å². The Labute approximate surface area is 143 Å². The summed E-state index contributed by atoms with van der Waals surface area (Å²) in [4.78, 5) is 43.5. The minimum atomic E-state index is -0.720. The minimum Gasteiger partial charge on any atom is -0.378 e. The smallest absolute Gasteiger partial charge is 0.330 e. The number of carbonyl (C=O) groups is 3. The molecule has 7 nitrogen and oxygen atoms in total. The number of hydroxylamine groups is 2. The number of benzene rings is 2. The molecular formula is C18H16N2O5. The molecule has 0 radical (unpaired) electrons. The molecule has 0 unspecified atom stereocenters. The monoisotopic (exact) mass is 340 g/mol. The fourth-order valence-corrected chi connectivity index (χ4v) is 3.35. The van der Waals surface area contributed by atoms with Crippen molar-refractivity contribution in [2.45, 2.75) is 6.92 Å². The third kappa shape index (κ3) is 2.44. The van der Waals surface area contributed by atoms with Crippen molar-refractivity contribution >= 4 is 34.2 Å². The van der Waals surface area contributed by atoms with Gasteiger partial charge in [0, 0.05) is 36.5 Å². The zero-order chi connectivity index (χ0) is 17.6. The van der Waals surface area contributed by atoms with Gasteiger partial charge >= 0.3 is 5.97 Å². The Hall–Kier alpha value is -2.93. The van der Waals surface area contributed by atoms with Gasteiger partial charge in [0.05, 0.1) is 24.3 Å². The van der Waals surface area contributed by atoms with Crippen molar-refractivity contribution in [3.8, 4) is 0 Å². The third-order valence-electron chi connectivity index (χ3n) is 4.42. The minimum absolute atomic E-state index is 0.350. The molecule has 2 amide bonds. The number of rotatable bonds is 2. The molecule has 2 heterocycles. The van der Waals surface area contributed by atoms with Crippen LogP contribution in [0.1, 0.15) is 27.6 Å². The molecule has 0 N–H and O–H groups in total. The van der Waals surface area contributed by atoms with E-state index in [9.17, 15) is 14.4 Å². The summed E-state index contributed by atoms with van der Waals surface area (Å²) in [5.74, 6) is -1.97. The Balaban J connectivity index is 1.89. The summed E-state index contributed by atoms with van der Waals surface area (Å²) in [5, 5.41) is 1.97. The number of carbonyl (C=O) groups excluding carboxylic acids is 3. The van der Waals surface area contributed by atoms with E-state index in [4.69, 9.17) is 9.57 Å². The molecule has 1 saturated heterocycles. The maximum Gasteiger partial charge on any atom is 0.330 e. The second kappa shape index (κ2) is 5.86. The molecule has 0 atom stereocenters. The lowest BCUT2D eigenvalue weighted by atomic mass is 9.93. The van der Waals surface area contributed by atoms with Crippen LogP contribution >= 0.6 is 0 Å². The first kappa shape index (κ1) is 15.6. The largest absolute Gasteiger partial charge is 0.378 e. The van der Waals surface area contributed by atoms with Crippen LogP contribution in [0.15, 0.2) is 30.3 Å². The Morgan fingerprint density at radius 2 is 1.72 bits per heavy atom. The van der Waals surface area contributed by atoms with Gasteiger partial charge in [-0.05, 0) is 18.2 Å². The van der Waals surface area contributed by atoms with Gasteiger partial charge in [0.15, 0.2) is 0 Å². The van der Waals surface area contributed by atoms with Crippen LogP contribution in [0.25, 0.3) is 10.8 Å². The van der Waals surface area contributed by atoms with Gasteiger partial charge in [0.2, 0.25) is 0 Å². The zero-order valence-electron chi connectivity index (χ0n) is 13.7. The Bertz CT molecular complexity index is 879. The molecule has 0 bridgehead atoms.